The Balaban J connectivity index is 0.979. The van der Waals surface area contributed by atoms with Gasteiger partial charge in [0.05, 0.1) is 79.3 Å². The molecule has 3 fully saturated rings. The van der Waals surface area contributed by atoms with Crippen molar-refractivity contribution in [1.29, 1.82) is 0 Å². The molecule has 2 heterocycles. The van der Waals surface area contributed by atoms with Crippen LogP contribution in [0, 0.1) is 0 Å². The van der Waals surface area contributed by atoms with Crippen LogP contribution >= 0.6 is 0 Å². The van der Waals surface area contributed by atoms with E-state index in [1.165, 1.54) is 0 Å². The summed E-state index contributed by atoms with van der Waals surface area (Å²) in [5, 5.41) is 16.2. The fraction of sp³-hybridized carbons (Fsp3) is 0.333. The molecular formula is C84H89N3O15. The van der Waals surface area contributed by atoms with Crippen LogP contribution in [0.3, 0.4) is 0 Å². The van der Waals surface area contributed by atoms with Crippen LogP contribution in [0.5, 0.6) is 0 Å². The van der Waals surface area contributed by atoms with Crippen molar-refractivity contribution in [2.45, 2.75) is 157 Å². The zero-order valence-electron chi connectivity index (χ0n) is 57.0. The average molecular weight is 1380 g/mol. The number of aliphatic hydroxyl groups is 1. The lowest BCUT2D eigenvalue weighted by atomic mass is 9.83. The molecule has 9 aromatic carbocycles. The largest absolute Gasteiger partial charge is 0.394 e. The Morgan fingerprint density at radius 1 is 0.324 bits per heavy atom. The first kappa shape index (κ1) is 73.2. The Hall–Kier alpha value is -8.57. The molecule has 12 rings (SSSR count). The summed E-state index contributed by atoms with van der Waals surface area (Å²) in [6.45, 7) is 4.65. The van der Waals surface area contributed by atoms with Crippen molar-refractivity contribution in [1.82, 2.24) is 0 Å². The Kier molecular flexibility index (Phi) is 28.1. The van der Waals surface area contributed by atoms with E-state index in [2.05, 4.69) is 16.6 Å². The van der Waals surface area contributed by atoms with Crippen molar-refractivity contribution >= 4 is 0 Å². The molecule has 2 aliphatic heterocycles. The second-order valence-electron chi connectivity index (χ2n) is 25.3. The Morgan fingerprint density at radius 3 is 0.931 bits per heavy atom. The van der Waals surface area contributed by atoms with Crippen LogP contribution in [0.2, 0.25) is 0 Å². The van der Waals surface area contributed by atoms with Gasteiger partial charge in [-0.3, -0.25) is 0 Å². The number of azide groups is 1. The highest BCUT2D eigenvalue weighted by atomic mass is 16.8. The minimum Gasteiger partial charge on any atom is -0.394 e. The zero-order chi connectivity index (χ0) is 69.8. The highest BCUT2D eigenvalue weighted by Crippen LogP contribution is 2.41. The van der Waals surface area contributed by atoms with Crippen molar-refractivity contribution in [2.75, 3.05) is 19.8 Å². The van der Waals surface area contributed by atoms with E-state index in [0.717, 1.165) is 50.1 Å². The van der Waals surface area contributed by atoms with Gasteiger partial charge in [0.15, 0.2) is 12.6 Å². The van der Waals surface area contributed by atoms with Crippen molar-refractivity contribution in [3.05, 3.63) is 346 Å². The normalized spacial score (nSPS) is 25.6. The number of hydrogen-bond donors (Lipinski definition) is 1. The highest BCUT2D eigenvalue weighted by Gasteiger charge is 2.59. The Bertz CT molecular complexity index is 3860. The smallest absolute Gasteiger partial charge is 0.187 e. The molecule has 530 valence electrons. The standard InChI is InChI=1S/C84H89N3O15/c1-2-48-90-79-77(95-55-65-40-22-8-23-41-65)76(94-54-64-38-20-7-21-39-64)78(96-56-66-42-24-9-25-43-66)80(97-57-67-44-26-10-27-45-67)81(79)102-83-71(86-87-85)74(92-52-62-34-16-5-17-35-62)73(70(100-83)59-89-50-60-30-12-3-13-31-60)101-84-82(98-58-68-46-28-11-29-47-68)75(93-53-63-36-18-6-19-37-63)72(69(49-88)99-84)91-51-61-32-14-4-15-33-61/h2-47,69-84,88H,1,48-59H2/t69-,70-,71-,72-,73-,74-,75+,76-,77+,78+,79+,80-,81-,82+,83-,84-/m1/s1. The molecule has 16 atom stereocenters. The summed E-state index contributed by atoms with van der Waals surface area (Å²) < 4.78 is 101. The molecule has 0 amide bonds. The van der Waals surface area contributed by atoms with E-state index in [1.54, 1.807) is 6.08 Å². The molecule has 0 unspecified atom stereocenters. The van der Waals surface area contributed by atoms with Gasteiger partial charge in [0.2, 0.25) is 0 Å². The number of ether oxygens (including phenoxy) is 14. The van der Waals surface area contributed by atoms with Gasteiger partial charge in [-0.1, -0.05) is 284 Å². The molecule has 3 aliphatic rings. The molecule has 18 heteroatoms. The fourth-order valence-corrected chi connectivity index (χ4v) is 13.1. The maximum absolute atomic E-state index is 11.6. The minimum absolute atomic E-state index is 0.00656. The summed E-state index contributed by atoms with van der Waals surface area (Å²) >= 11 is 0. The van der Waals surface area contributed by atoms with Gasteiger partial charge in [-0.25, -0.2) is 0 Å². The maximum Gasteiger partial charge on any atom is 0.187 e. The van der Waals surface area contributed by atoms with Crippen LogP contribution in [-0.4, -0.2) is 123 Å². The van der Waals surface area contributed by atoms with Crippen LogP contribution in [0.25, 0.3) is 10.4 Å². The van der Waals surface area contributed by atoms with E-state index in [-0.39, 0.29) is 72.7 Å². The lowest BCUT2D eigenvalue weighted by molar-refractivity contribution is -0.373. The van der Waals surface area contributed by atoms with Gasteiger partial charge in [-0.15, -0.1) is 6.58 Å². The molecule has 0 spiro atoms. The van der Waals surface area contributed by atoms with Crippen LogP contribution in [0.1, 0.15) is 50.1 Å². The van der Waals surface area contributed by atoms with E-state index in [9.17, 15) is 10.6 Å². The summed E-state index contributed by atoms with van der Waals surface area (Å²) in [6.07, 6.45) is -14.8. The molecule has 1 aliphatic carbocycles. The summed E-state index contributed by atoms with van der Waals surface area (Å²) in [6, 6.07) is 86.9. The predicted molar refractivity (Wildman–Crippen MR) is 383 cm³/mol. The predicted octanol–water partition coefficient (Wildman–Crippen LogP) is 14.4. The van der Waals surface area contributed by atoms with E-state index >= 15 is 0 Å². The van der Waals surface area contributed by atoms with Crippen LogP contribution in [0.15, 0.2) is 291 Å². The van der Waals surface area contributed by atoms with Crippen LogP contribution in [0.4, 0.5) is 0 Å². The lowest BCUT2D eigenvalue weighted by Crippen LogP contribution is -2.70. The highest BCUT2D eigenvalue weighted by molar-refractivity contribution is 5.22. The summed E-state index contributed by atoms with van der Waals surface area (Å²) in [5.74, 6) is 0. The number of hydrogen-bond acceptors (Lipinski definition) is 16. The fourth-order valence-electron chi connectivity index (χ4n) is 13.1. The lowest BCUT2D eigenvalue weighted by Gasteiger charge is -2.52. The van der Waals surface area contributed by atoms with Crippen molar-refractivity contribution in [3.8, 4) is 0 Å². The van der Waals surface area contributed by atoms with Crippen molar-refractivity contribution < 1.29 is 71.4 Å². The molecule has 0 aromatic heterocycles. The van der Waals surface area contributed by atoms with Gasteiger partial charge < -0.3 is 71.4 Å². The first-order valence-electron chi connectivity index (χ1n) is 34.8. The third-order valence-electron chi connectivity index (χ3n) is 18.2. The third kappa shape index (κ3) is 20.6. The molecule has 0 bridgehead atoms. The Labute approximate surface area is 597 Å². The summed E-state index contributed by atoms with van der Waals surface area (Å²) in [7, 11) is 0. The van der Waals surface area contributed by atoms with E-state index in [0.29, 0.717) is 0 Å². The molecule has 1 saturated carbocycles. The summed E-state index contributed by atoms with van der Waals surface area (Å²) in [4.78, 5) is 3.55. The van der Waals surface area contributed by atoms with Crippen molar-refractivity contribution in [3.63, 3.8) is 0 Å². The van der Waals surface area contributed by atoms with Gasteiger partial charge in [0.1, 0.15) is 85.4 Å². The van der Waals surface area contributed by atoms with Crippen LogP contribution in [-0.2, 0) is 126 Å². The van der Waals surface area contributed by atoms with Gasteiger partial charge in [0, 0.05) is 4.91 Å². The average Bonchev–Trinajstić information content (AvgIpc) is 0.761. The molecule has 0 radical (unpaired) electrons. The molecule has 1 N–H and O–H groups in total. The first-order chi connectivity index (χ1) is 50.5. The van der Waals surface area contributed by atoms with Crippen LogP contribution < -0.4 is 0 Å². The van der Waals surface area contributed by atoms with E-state index < -0.39 is 105 Å². The number of rotatable bonds is 37. The van der Waals surface area contributed by atoms with Crippen molar-refractivity contribution in [2.24, 2.45) is 5.11 Å². The monoisotopic (exact) mass is 1380 g/mol. The molecule has 9 aromatic rings. The first-order valence-corrected chi connectivity index (χ1v) is 34.8. The number of benzene rings is 9. The SMILES string of the molecule is C=CCO[C@H]1[C@@H](OCc2ccccc2)[C@@H](OCc2ccccc2)[C@H](OCc2ccccc2)[C@@H](OCc2ccccc2)[C@@H]1O[C@H]1O[C@H](COCc2ccccc2)[C@@H](O[C@H]2O[C@H](CO)[C@@H](OCc3ccccc3)[C@H](OCc3ccccc3)[C@@H]2OCc2ccccc2)[C@H](OCc2ccccc2)[C@H]1N=[N+]=[N-]. The van der Waals surface area contributed by atoms with E-state index in [4.69, 9.17) is 66.3 Å². The zero-order valence-corrected chi connectivity index (χ0v) is 57.0. The summed E-state index contributed by atoms with van der Waals surface area (Å²) in [5.41, 5.74) is 19.0. The maximum atomic E-state index is 11.6. The second kappa shape index (κ2) is 39.2. The third-order valence-corrected chi connectivity index (χ3v) is 18.2. The quantitative estimate of drug-likeness (QED) is 0.0167. The van der Waals surface area contributed by atoms with Gasteiger partial charge >= 0.3 is 0 Å². The minimum atomic E-state index is -1.49. The van der Waals surface area contributed by atoms with Gasteiger partial charge in [-0.05, 0) is 55.6 Å². The topological polar surface area (TPSA) is 198 Å². The molecule has 18 nitrogen and oxygen atoms in total. The number of aliphatic hydroxyl groups excluding tert-OH is 1. The van der Waals surface area contributed by atoms with Gasteiger partial charge in [-0.2, -0.15) is 0 Å². The van der Waals surface area contributed by atoms with E-state index in [1.807, 2.05) is 273 Å². The molecule has 2 saturated heterocycles. The number of nitrogens with zero attached hydrogens (tertiary/aromatic N) is 3. The molecule has 102 heavy (non-hydrogen) atoms. The second-order valence-corrected chi connectivity index (χ2v) is 25.3. The Morgan fingerprint density at radius 2 is 0.598 bits per heavy atom. The molecular weight excluding hydrogens is 1290 g/mol. The van der Waals surface area contributed by atoms with Gasteiger partial charge in [0.25, 0.3) is 0 Å².